The molecule has 5 heteroatoms. The van der Waals surface area contributed by atoms with Crippen LogP contribution < -0.4 is 0 Å². The van der Waals surface area contributed by atoms with Gasteiger partial charge in [0.25, 0.3) is 0 Å². The Morgan fingerprint density at radius 1 is 1.33 bits per heavy atom. The zero-order chi connectivity index (χ0) is 11.3. The Morgan fingerprint density at radius 3 is 2.47 bits per heavy atom. The molecule has 0 radical (unpaired) electrons. The molecule has 0 spiro atoms. The van der Waals surface area contributed by atoms with Crippen LogP contribution in [0.1, 0.15) is 32.6 Å². The molecule has 1 aliphatic rings. The second-order valence-corrected chi connectivity index (χ2v) is 3.49. The highest BCUT2D eigenvalue weighted by Crippen LogP contribution is 2.12. The van der Waals surface area contributed by atoms with Gasteiger partial charge in [-0.1, -0.05) is 0 Å². The van der Waals surface area contributed by atoms with Crippen molar-refractivity contribution in [3.05, 3.63) is 0 Å². The van der Waals surface area contributed by atoms with E-state index in [1.165, 1.54) is 11.8 Å². The molecule has 1 heterocycles. The molecule has 0 aliphatic carbocycles. The fourth-order valence-corrected chi connectivity index (χ4v) is 1.49. The summed E-state index contributed by atoms with van der Waals surface area (Å²) >= 11 is 0. The molecule has 1 rings (SSSR count). The standard InChI is InChI=1S/C10H15NO4/c1-8(12)15-7-3-6-11-9(13)4-2-5-10(11)14/h2-7H2,1H3. The Morgan fingerprint density at radius 2 is 1.93 bits per heavy atom. The zero-order valence-electron chi connectivity index (χ0n) is 8.82. The fraction of sp³-hybridized carbons (Fsp3) is 0.700. The molecule has 1 aliphatic heterocycles. The second-order valence-electron chi connectivity index (χ2n) is 3.49. The molecule has 0 aromatic rings. The highest BCUT2D eigenvalue weighted by Gasteiger charge is 2.24. The van der Waals surface area contributed by atoms with E-state index in [9.17, 15) is 14.4 Å². The lowest BCUT2D eigenvalue weighted by Gasteiger charge is -2.24. The van der Waals surface area contributed by atoms with Crippen LogP contribution in [-0.4, -0.2) is 35.8 Å². The maximum absolute atomic E-state index is 11.3. The van der Waals surface area contributed by atoms with E-state index in [2.05, 4.69) is 0 Å². The van der Waals surface area contributed by atoms with Crippen LogP contribution in [0, 0.1) is 0 Å². The van der Waals surface area contributed by atoms with Gasteiger partial charge in [0.05, 0.1) is 6.61 Å². The number of nitrogens with zero attached hydrogens (tertiary/aromatic N) is 1. The lowest BCUT2D eigenvalue weighted by molar-refractivity contribution is -0.148. The minimum atomic E-state index is -0.341. The Bertz CT molecular complexity index is 259. The number of hydrogen-bond acceptors (Lipinski definition) is 4. The Hall–Kier alpha value is -1.39. The van der Waals surface area contributed by atoms with Crippen molar-refractivity contribution >= 4 is 17.8 Å². The number of carbonyl (C=O) groups excluding carboxylic acids is 3. The van der Waals surface area contributed by atoms with Crippen LogP contribution in [0.15, 0.2) is 0 Å². The summed E-state index contributed by atoms with van der Waals surface area (Å²) in [7, 11) is 0. The summed E-state index contributed by atoms with van der Waals surface area (Å²) in [5, 5.41) is 0. The summed E-state index contributed by atoms with van der Waals surface area (Å²) in [6.45, 7) is 1.94. The predicted molar refractivity (Wildman–Crippen MR) is 51.8 cm³/mol. The van der Waals surface area contributed by atoms with Crippen molar-refractivity contribution in [2.75, 3.05) is 13.2 Å². The number of esters is 1. The van der Waals surface area contributed by atoms with Crippen LogP contribution in [0.5, 0.6) is 0 Å². The highest BCUT2D eigenvalue weighted by molar-refractivity contribution is 5.97. The topological polar surface area (TPSA) is 63.7 Å². The zero-order valence-corrected chi connectivity index (χ0v) is 8.82. The summed E-state index contributed by atoms with van der Waals surface area (Å²) in [5.41, 5.74) is 0. The van der Waals surface area contributed by atoms with Crippen molar-refractivity contribution in [3.63, 3.8) is 0 Å². The molecule has 0 N–H and O–H groups in total. The van der Waals surface area contributed by atoms with Crippen molar-refractivity contribution in [3.8, 4) is 0 Å². The molecule has 1 fully saturated rings. The normalized spacial score (nSPS) is 16.7. The van der Waals surface area contributed by atoms with Crippen molar-refractivity contribution in [1.29, 1.82) is 0 Å². The van der Waals surface area contributed by atoms with E-state index < -0.39 is 0 Å². The molecule has 0 atom stereocenters. The summed E-state index contributed by atoms with van der Waals surface area (Å²) in [6, 6.07) is 0. The Kier molecular flexibility index (Phi) is 4.27. The van der Waals surface area contributed by atoms with E-state index in [0.717, 1.165) is 0 Å². The van der Waals surface area contributed by atoms with E-state index in [4.69, 9.17) is 4.74 Å². The quantitative estimate of drug-likeness (QED) is 0.387. The van der Waals surface area contributed by atoms with Crippen LogP contribution >= 0.6 is 0 Å². The molecule has 0 saturated carbocycles. The fourth-order valence-electron chi connectivity index (χ4n) is 1.49. The number of imide groups is 1. The van der Waals surface area contributed by atoms with Crippen LogP contribution in [0.2, 0.25) is 0 Å². The first-order valence-electron chi connectivity index (χ1n) is 5.08. The van der Waals surface area contributed by atoms with E-state index in [1.54, 1.807) is 0 Å². The first kappa shape index (κ1) is 11.7. The summed E-state index contributed by atoms with van der Waals surface area (Å²) < 4.78 is 4.72. The number of amides is 2. The molecular weight excluding hydrogens is 198 g/mol. The van der Waals surface area contributed by atoms with E-state index in [-0.39, 0.29) is 24.4 Å². The number of rotatable bonds is 4. The van der Waals surface area contributed by atoms with E-state index >= 15 is 0 Å². The van der Waals surface area contributed by atoms with Gasteiger partial charge in [0.1, 0.15) is 0 Å². The van der Waals surface area contributed by atoms with Crippen molar-refractivity contribution in [1.82, 2.24) is 4.90 Å². The maximum atomic E-state index is 11.3. The molecule has 0 bridgehead atoms. The SMILES string of the molecule is CC(=O)OCCCN1C(=O)CCCC1=O. The minimum Gasteiger partial charge on any atom is -0.466 e. The molecule has 5 nitrogen and oxygen atoms in total. The van der Waals surface area contributed by atoms with Gasteiger partial charge >= 0.3 is 5.97 Å². The average molecular weight is 213 g/mol. The molecule has 0 aromatic heterocycles. The number of carbonyl (C=O) groups is 3. The van der Waals surface area contributed by atoms with Gasteiger partial charge in [-0.3, -0.25) is 19.3 Å². The first-order chi connectivity index (χ1) is 7.11. The van der Waals surface area contributed by atoms with Crippen molar-refractivity contribution in [2.24, 2.45) is 0 Å². The van der Waals surface area contributed by atoms with Gasteiger partial charge in [0, 0.05) is 26.3 Å². The van der Waals surface area contributed by atoms with Crippen molar-refractivity contribution in [2.45, 2.75) is 32.6 Å². The molecule has 2 amide bonds. The number of ether oxygens (including phenoxy) is 1. The number of piperidine rings is 1. The smallest absolute Gasteiger partial charge is 0.302 e. The van der Waals surface area contributed by atoms with Gasteiger partial charge in [-0.15, -0.1) is 0 Å². The first-order valence-corrected chi connectivity index (χ1v) is 5.08. The van der Waals surface area contributed by atoms with Gasteiger partial charge in [-0.2, -0.15) is 0 Å². The molecular formula is C10H15NO4. The minimum absolute atomic E-state index is 0.117. The van der Waals surface area contributed by atoms with Gasteiger partial charge < -0.3 is 4.74 Å². The van der Waals surface area contributed by atoms with Crippen LogP contribution in [0.4, 0.5) is 0 Å². The third-order valence-electron chi connectivity index (χ3n) is 2.21. The van der Waals surface area contributed by atoms with Crippen molar-refractivity contribution < 1.29 is 19.1 Å². The van der Waals surface area contributed by atoms with Gasteiger partial charge in [0.15, 0.2) is 0 Å². The Labute approximate surface area is 88.4 Å². The van der Waals surface area contributed by atoms with E-state index in [0.29, 0.717) is 32.2 Å². The summed E-state index contributed by atoms with van der Waals surface area (Å²) in [4.78, 5) is 34.4. The molecule has 84 valence electrons. The summed E-state index contributed by atoms with van der Waals surface area (Å²) in [5.74, 6) is -0.575. The average Bonchev–Trinajstić information content (AvgIpc) is 2.15. The second kappa shape index (κ2) is 5.48. The molecule has 0 unspecified atom stereocenters. The molecule has 1 saturated heterocycles. The monoisotopic (exact) mass is 213 g/mol. The van der Waals surface area contributed by atoms with Crippen LogP contribution in [0.25, 0.3) is 0 Å². The highest BCUT2D eigenvalue weighted by atomic mass is 16.5. The third-order valence-corrected chi connectivity index (χ3v) is 2.21. The third kappa shape index (κ3) is 3.69. The largest absolute Gasteiger partial charge is 0.466 e. The van der Waals surface area contributed by atoms with Crippen LogP contribution in [-0.2, 0) is 19.1 Å². The predicted octanol–water partition coefficient (Wildman–Crippen LogP) is 0.479. The number of hydrogen-bond donors (Lipinski definition) is 0. The summed E-state index contributed by atoms with van der Waals surface area (Å²) in [6.07, 6.45) is 2.05. The maximum Gasteiger partial charge on any atom is 0.302 e. The molecule has 15 heavy (non-hydrogen) atoms. The lowest BCUT2D eigenvalue weighted by atomic mass is 10.1. The number of likely N-dealkylation sites (tertiary alicyclic amines) is 1. The van der Waals surface area contributed by atoms with E-state index in [1.807, 2.05) is 0 Å². The van der Waals surface area contributed by atoms with Gasteiger partial charge in [-0.25, -0.2) is 0 Å². The lowest BCUT2D eigenvalue weighted by Crippen LogP contribution is -2.40. The molecule has 0 aromatic carbocycles. The van der Waals surface area contributed by atoms with Gasteiger partial charge in [-0.05, 0) is 12.8 Å². The van der Waals surface area contributed by atoms with Gasteiger partial charge in [0.2, 0.25) is 11.8 Å². The Balaban J connectivity index is 2.26. The van der Waals surface area contributed by atoms with Crippen LogP contribution in [0.3, 0.4) is 0 Å².